The topological polar surface area (TPSA) is 0 Å². The van der Waals surface area contributed by atoms with E-state index in [-0.39, 0.29) is 21.7 Å². The summed E-state index contributed by atoms with van der Waals surface area (Å²) in [5, 5.41) is 0. The molecule has 1 heteroatoms. The molecule has 0 atom stereocenters. The zero-order chi connectivity index (χ0) is 4.28. The van der Waals surface area contributed by atoms with Crippen LogP contribution in [-0.4, -0.2) is 0 Å². The Hall–Kier alpha value is 0.714. The van der Waals surface area contributed by atoms with Gasteiger partial charge in [-0.2, -0.15) is 20.3 Å². The van der Waals surface area contributed by atoms with Gasteiger partial charge in [-0.1, -0.05) is 6.92 Å². The van der Waals surface area contributed by atoms with E-state index in [0.717, 1.165) is 0 Å². The van der Waals surface area contributed by atoms with Gasteiger partial charge in [0, 0.05) is 21.7 Å². The fraction of sp³-hybridized carbons (Fsp3) is 0.800. The molecule has 0 aromatic heterocycles. The van der Waals surface area contributed by atoms with Crippen molar-refractivity contribution in [1.82, 2.24) is 0 Å². The number of rotatable bonds is 1. The summed E-state index contributed by atoms with van der Waals surface area (Å²) in [6.45, 7) is 6.44. The zero-order valence-electron chi connectivity index (χ0n) is 4.71. The van der Waals surface area contributed by atoms with Crippen molar-refractivity contribution < 1.29 is 21.7 Å². The molecule has 0 unspecified atom stereocenters. The third kappa shape index (κ3) is 8.83. The van der Waals surface area contributed by atoms with Gasteiger partial charge in [-0.25, -0.2) is 0 Å². The average molecular weight is 119 g/mol. The van der Waals surface area contributed by atoms with Gasteiger partial charge >= 0.3 is 0 Å². The predicted molar refractivity (Wildman–Crippen MR) is 24.9 cm³/mol. The fourth-order valence-corrected chi connectivity index (χ4v) is 0. The summed E-state index contributed by atoms with van der Waals surface area (Å²) in [7, 11) is 0. The number of hydrogen-bond acceptors (Lipinski definition) is 0. The predicted octanol–water partition coefficient (Wildman–Crippen LogP) is 2.01. The summed E-state index contributed by atoms with van der Waals surface area (Å²) < 4.78 is 0. The van der Waals surface area contributed by atoms with E-state index in [1.807, 2.05) is 0 Å². The molecule has 36 valence electrons. The smallest absolute Gasteiger partial charge is 0 e. The summed E-state index contributed by atoms with van der Waals surface area (Å²) >= 11 is 0. The molecule has 6 heavy (non-hydrogen) atoms. The third-order valence-electron chi connectivity index (χ3n) is 0.707. The van der Waals surface area contributed by atoms with Crippen LogP contribution in [0.5, 0.6) is 0 Å². The second-order valence-corrected chi connectivity index (χ2v) is 1.56. The number of hydrogen-bond donors (Lipinski definition) is 0. The van der Waals surface area contributed by atoms with E-state index in [2.05, 4.69) is 20.8 Å². The molecule has 0 nitrogen and oxygen atoms in total. The molecule has 0 aliphatic heterocycles. The minimum atomic E-state index is 0. The maximum atomic E-state index is 2.16. The van der Waals surface area contributed by atoms with E-state index >= 15 is 0 Å². The molecule has 0 spiro atoms. The van der Waals surface area contributed by atoms with Gasteiger partial charge in [-0.05, 0) is 0 Å². The minimum absolute atomic E-state index is 0. The van der Waals surface area contributed by atoms with E-state index in [1.165, 1.54) is 12.3 Å². The van der Waals surface area contributed by atoms with Crippen molar-refractivity contribution >= 4 is 0 Å². The van der Waals surface area contributed by atoms with Gasteiger partial charge in [0.1, 0.15) is 0 Å². The largest absolute Gasteiger partial charge is 0.320 e. The molecular formula is C5H11Ti-. The Labute approximate surface area is 55.2 Å². The molecule has 0 amide bonds. The summed E-state index contributed by atoms with van der Waals surface area (Å²) in [5.74, 6) is 1.50. The molecule has 0 saturated carbocycles. The molecule has 0 rings (SSSR count). The van der Waals surface area contributed by atoms with Gasteiger partial charge in [0.15, 0.2) is 0 Å². The van der Waals surface area contributed by atoms with Gasteiger partial charge in [-0.3, -0.25) is 0 Å². The molecule has 0 heterocycles. The second-order valence-electron chi connectivity index (χ2n) is 1.56. The quantitative estimate of drug-likeness (QED) is 0.365. The molecule has 0 fully saturated rings. The zero-order valence-corrected chi connectivity index (χ0v) is 6.27. The van der Waals surface area contributed by atoms with Crippen LogP contribution in [0.25, 0.3) is 0 Å². The van der Waals surface area contributed by atoms with Crippen molar-refractivity contribution in [1.29, 1.82) is 0 Å². The van der Waals surface area contributed by atoms with Crippen LogP contribution in [0.1, 0.15) is 27.2 Å². The van der Waals surface area contributed by atoms with Crippen molar-refractivity contribution in [3.05, 3.63) is 5.92 Å². The van der Waals surface area contributed by atoms with E-state index in [0.29, 0.717) is 0 Å². The van der Waals surface area contributed by atoms with E-state index in [9.17, 15) is 0 Å². The molecule has 0 aliphatic carbocycles. The third-order valence-corrected chi connectivity index (χ3v) is 0.707. The minimum Gasteiger partial charge on any atom is -0.320 e. The standard InChI is InChI=1S/C5H11.Ti/c1-4-5(2)3;/h4H2,1-3H3;/q-1;. The normalized spacial score (nSPS) is 8.00. The van der Waals surface area contributed by atoms with Crippen molar-refractivity contribution in [2.24, 2.45) is 0 Å². The monoisotopic (exact) mass is 119 g/mol. The maximum absolute atomic E-state index is 2.16. The molecule has 0 aliphatic rings. The molecule has 0 saturated heterocycles. The van der Waals surface area contributed by atoms with E-state index < -0.39 is 0 Å². The van der Waals surface area contributed by atoms with Crippen LogP contribution in [0.3, 0.4) is 0 Å². The van der Waals surface area contributed by atoms with Crippen molar-refractivity contribution in [3.8, 4) is 0 Å². The van der Waals surface area contributed by atoms with Gasteiger partial charge < -0.3 is 5.92 Å². The summed E-state index contributed by atoms with van der Waals surface area (Å²) in [6.07, 6.45) is 1.22. The van der Waals surface area contributed by atoms with Gasteiger partial charge in [0.25, 0.3) is 0 Å². The molecule has 0 radical (unpaired) electrons. The van der Waals surface area contributed by atoms with Crippen LogP contribution in [0.2, 0.25) is 0 Å². The first-order chi connectivity index (χ1) is 2.27. The van der Waals surface area contributed by atoms with E-state index in [4.69, 9.17) is 0 Å². The Morgan fingerprint density at radius 3 is 1.50 bits per heavy atom. The van der Waals surface area contributed by atoms with Crippen LogP contribution in [-0.2, 0) is 21.7 Å². The summed E-state index contributed by atoms with van der Waals surface area (Å²) in [5.41, 5.74) is 0. The molecule has 0 bridgehead atoms. The fourth-order valence-electron chi connectivity index (χ4n) is 0. The Morgan fingerprint density at radius 2 is 1.50 bits per heavy atom. The van der Waals surface area contributed by atoms with Crippen LogP contribution >= 0.6 is 0 Å². The first-order valence-corrected chi connectivity index (χ1v) is 2.06. The molecule has 0 aromatic rings. The second kappa shape index (κ2) is 5.71. The Kier molecular flexibility index (Phi) is 9.40. The van der Waals surface area contributed by atoms with Crippen LogP contribution < -0.4 is 0 Å². The molecular weight excluding hydrogens is 108 g/mol. The Balaban J connectivity index is 0. The summed E-state index contributed by atoms with van der Waals surface area (Å²) in [4.78, 5) is 0. The summed E-state index contributed by atoms with van der Waals surface area (Å²) in [6, 6.07) is 0. The first-order valence-electron chi connectivity index (χ1n) is 2.06. The van der Waals surface area contributed by atoms with Crippen LogP contribution in [0, 0.1) is 5.92 Å². The van der Waals surface area contributed by atoms with Crippen LogP contribution in [0.15, 0.2) is 0 Å². The van der Waals surface area contributed by atoms with Crippen molar-refractivity contribution in [3.63, 3.8) is 0 Å². The first kappa shape index (κ1) is 9.86. The van der Waals surface area contributed by atoms with Gasteiger partial charge in [0.2, 0.25) is 0 Å². The van der Waals surface area contributed by atoms with Crippen LogP contribution in [0.4, 0.5) is 0 Å². The molecule has 0 aromatic carbocycles. The average Bonchev–Trinajstić information content (AvgIpc) is 1.38. The van der Waals surface area contributed by atoms with Crippen molar-refractivity contribution in [2.75, 3.05) is 0 Å². The maximum Gasteiger partial charge on any atom is 0 e. The Bertz CT molecular complexity index is 17.9. The molecule has 0 N–H and O–H groups in total. The Morgan fingerprint density at radius 1 is 1.33 bits per heavy atom. The van der Waals surface area contributed by atoms with E-state index in [1.54, 1.807) is 0 Å². The SMILES string of the molecule is CC[C-](C)C.[Ti]. The van der Waals surface area contributed by atoms with Crippen molar-refractivity contribution in [2.45, 2.75) is 27.2 Å². The van der Waals surface area contributed by atoms with Gasteiger partial charge in [0.05, 0.1) is 0 Å². The van der Waals surface area contributed by atoms with Gasteiger partial charge in [-0.15, -0.1) is 0 Å².